The Kier molecular flexibility index (Phi) is 3.14. The lowest BCUT2D eigenvalue weighted by Crippen LogP contribution is -2.16. The molecule has 19 heavy (non-hydrogen) atoms. The van der Waals surface area contributed by atoms with Gasteiger partial charge in [0.25, 0.3) is 5.91 Å². The number of nitrogens with one attached hydrogen (secondary N) is 1. The van der Waals surface area contributed by atoms with Gasteiger partial charge in [-0.2, -0.15) is 0 Å². The van der Waals surface area contributed by atoms with Crippen LogP contribution in [-0.4, -0.2) is 10.5 Å². The van der Waals surface area contributed by atoms with Crippen molar-refractivity contribution in [1.82, 2.24) is 4.57 Å². The van der Waals surface area contributed by atoms with Gasteiger partial charge in [0.15, 0.2) is 0 Å². The number of rotatable bonds is 3. The summed E-state index contributed by atoms with van der Waals surface area (Å²) in [4.78, 5) is 12.2. The van der Waals surface area contributed by atoms with Gasteiger partial charge in [0.05, 0.1) is 5.69 Å². The molecule has 0 bridgehead atoms. The zero-order chi connectivity index (χ0) is 13.4. The molecule has 2 aromatic rings. The summed E-state index contributed by atoms with van der Waals surface area (Å²) in [5.41, 5.74) is 1.05. The molecule has 1 amide bonds. The highest BCUT2D eigenvalue weighted by Gasteiger charge is 2.26. The average Bonchev–Trinajstić information content (AvgIpc) is 3.11. The highest BCUT2D eigenvalue weighted by Crippen LogP contribution is 2.36. The molecule has 1 aromatic carbocycles. The number of halogens is 2. The van der Waals surface area contributed by atoms with Crippen LogP contribution in [0.1, 0.15) is 29.4 Å². The molecule has 0 spiro atoms. The van der Waals surface area contributed by atoms with E-state index in [2.05, 4.69) is 21.2 Å². The molecule has 3 rings (SSSR count). The van der Waals surface area contributed by atoms with Crippen molar-refractivity contribution in [3.8, 4) is 0 Å². The fourth-order valence-electron chi connectivity index (χ4n) is 2.04. The second-order valence-electron chi connectivity index (χ2n) is 4.61. The zero-order valence-electron chi connectivity index (χ0n) is 10.1. The number of nitrogens with zero attached hydrogens (tertiary/aromatic N) is 1. The predicted octanol–water partition coefficient (Wildman–Crippen LogP) is 3.98. The molecule has 3 nitrogen and oxygen atoms in total. The first-order valence-corrected chi connectivity index (χ1v) is 6.87. The number of aromatic nitrogens is 1. The maximum absolute atomic E-state index is 13.2. The van der Waals surface area contributed by atoms with Crippen LogP contribution < -0.4 is 5.32 Å². The Labute approximate surface area is 118 Å². The van der Waals surface area contributed by atoms with Crippen LogP contribution in [-0.2, 0) is 0 Å². The van der Waals surface area contributed by atoms with Crippen LogP contribution in [0.5, 0.6) is 0 Å². The van der Waals surface area contributed by atoms with Gasteiger partial charge in [0.2, 0.25) is 0 Å². The number of hydrogen-bond donors (Lipinski definition) is 1. The average molecular weight is 323 g/mol. The van der Waals surface area contributed by atoms with Crippen LogP contribution in [0.3, 0.4) is 0 Å². The van der Waals surface area contributed by atoms with Gasteiger partial charge in [-0.25, -0.2) is 4.39 Å². The van der Waals surface area contributed by atoms with E-state index in [1.165, 1.54) is 12.1 Å². The van der Waals surface area contributed by atoms with Crippen molar-refractivity contribution in [3.63, 3.8) is 0 Å². The fraction of sp³-hybridized carbons (Fsp3) is 0.214. The van der Waals surface area contributed by atoms with E-state index in [-0.39, 0.29) is 11.7 Å². The van der Waals surface area contributed by atoms with Crippen LogP contribution in [0.25, 0.3) is 0 Å². The van der Waals surface area contributed by atoms with Crippen molar-refractivity contribution in [2.45, 2.75) is 18.9 Å². The Morgan fingerprint density at radius 2 is 2.16 bits per heavy atom. The molecule has 0 radical (unpaired) electrons. The van der Waals surface area contributed by atoms with Gasteiger partial charge in [0, 0.05) is 16.7 Å². The van der Waals surface area contributed by atoms with Crippen molar-refractivity contribution in [2.75, 3.05) is 5.32 Å². The van der Waals surface area contributed by atoms with Crippen LogP contribution in [0, 0.1) is 5.82 Å². The quantitative estimate of drug-likeness (QED) is 0.911. The minimum atomic E-state index is -0.379. The lowest BCUT2D eigenvalue weighted by molar-refractivity contribution is 0.101. The molecule has 0 atom stereocenters. The van der Waals surface area contributed by atoms with Gasteiger partial charge in [-0.3, -0.25) is 4.79 Å². The van der Waals surface area contributed by atoms with Gasteiger partial charge in [-0.1, -0.05) is 0 Å². The summed E-state index contributed by atoms with van der Waals surface area (Å²) in [7, 11) is 0. The minimum Gasteiger partial charge on any atom is -0.340 e. The van der Waals surface area contributed by atoms with E-state index < -0.39 is 0 Å². The molecule has 1 N–H and O–H groups in total. The second kappa shape index (κ2) is 4.81. The SMILES string of the molecule is O=C(Nc1cc(F)ccc1Br)c1cccn1C1CC1. The lowest BCUT2D eigenvalue weighted by atomic mass is 10.3. The van der Waals surface area contributed by atoms with Crippen molar-refractivity contribution < 1.29 is 9.18 Å². The van der Waals surface area contributed by atoms with Crippen LogP contribution in [0.4, 0.5) is 10.1 Å². The normalized spacial score (nSPS) is 14.4. The van der Waals surface area contributed by atoms with Crippen LogP contribution >= 0.6 is 15.9 Å². The highest BCUT2D eigenvalue weighted by molar-refractivity contribution is 9.10. The van der Waals surface area contributed by atoms with Crippen molar-refractivity contribution in [3.05, 3.63) is 52.5 Å². The summed E-state index contributed by atoms with van der Waals surface area (Å²) in [6.07, 6.45) is 4.13. The molecule has 1 aliphatic carbocycles. The standard InChI is InChI=1S/C14H12BrFN2O/c15-11-6-3-9(16)8-12(11)17-14(19)13-2-1-7-18(13)10-4-5-10/h1-3,6-8,10H,4-5H2,(H,17,19). The van der Waals surface area contributed by atoms with E-state index in [4.69, 9.17) is 0 Å². The summed E-state index contributed by atoms with van der Waals surface area (Å²) in [6, 6.07) is 8.28. The summed E-state index contributed by atoms with van der Waals surface area (Å²) in [5, 5.41) is 2.73. The van der Waals surface area contributed by atoms with E-state index in [1.54, 1.807) is 12.1 Å². The number of amides is 1. The van der Waals surface area contributed by atoms with Crippen molar-refractivity contribution >= 4 is 27.5 Å². The third-order valence-electron chi connectivity index (χ3n) is 3.13. The second-order valence-corrected chi connectivity index (χ2v) is 5.46. The molecule has 0 unspecified atom stereocenters. The topological polar surface area (TPSA) is 34.0 Å². The molecule has 1 fully saturated rings. The monoisotopic (exact) mass is 322 g/mol. The molecule has 0 aliphatic heterocycles. The third kappa shape index (κ3) is 2.56. The summed E-state index contributed by atoms with van der Waals surface area (Å²) >= 11 is 3.29. The maximum Gasteiger partial charge on any atom is 0.272 e. The number of hydrogen-bond acceptors (Lipinski definition) is 1. The molecular weight excluding hydrogens is 311 g/mol. The number of carbonyl (C=O) groups excluding carboxylic acids is 1. The molecular formula is C14H12BrFN2O. The Balaban J connectivity index is 1.84. The van der Waals surface area contributed by atoms with E-state index in [0.717, 1.165) is 12.8 Å². The molecule has 5 heteroatoms. The zero-order valence-corrected chi connectivity index (χ0v) is 11.7. The lowest BCUT2D eigenvalue weighted by Gasteiger charge is -2.10. The first kappa shape index (κ1) is 12.4. The molecule has 98 valence electrons. The third-order valence-corrected chi connectivity index (χ3v) is 3.82. The van der Waals surface area contributed by atoms with Gasteiger partial charge < -0.3 is 9.88 Å². The minimum absolute atomic E-state index is 0.219. The van der Waals surface area contributed by atoms with E-state index in [0.29, 0.717) is 21.9 Å². The first-order chi connectivity index (χ1) is 9.15. The summed E-state index contributed by atoms with van der Waals surface area (Å²) in [6.45, 7) is 0. The fourth-order valence-corrected chi connectivity index (χ4v) is 2.38. The highest BCUT2D eigenvalue weighted by atomic mass is 79.9. The van der Waals surface area contributed by atoms with Gasteiger partial charge in [0.1, 0.15) is 11.5 Å². The molecule has 0 saturated heterocycles. The summed E-state index contributed by atoms with van der Waals surface area (Å²) < 4.78 is 15.8. The number of benzene rings is 1. The number of carbonyl (C=O) groups is 1. The predicted molar refractivity (Wildman–Crippen MR) is 74.8 cm³/mol. The smallest absolute Gasteiger partial charge is 0.272 e. The Hall–Kier alpha value is -1.62. The van der Waals surface area contributed by atoms with Crippen LogP contribution in [0.15, 0.2) is 41.0 Å². The van der Waals surface area contributed by atoms with Gasteiger partial charge >= 0.3 is 0 Å². The molecule has 1 aromatic heterocycles. The molecule has 1 heterocycles. The number of anilines is 1. The van der Waals surface area contributed by atoms with E-state index in [1.807, 2.05) is 16.8 Å². The maximum atomic E-state index is 13.2. The van der Waals surface area contributed by atoms with E-state index >= 15 is 0 Å². The largest absolute Gasteiger partial charge is 0.340 e. The van der Waals surface area contributed by atoms with Crippen molar-refractivity contribution in [1.29, 1.82) is 0 Å². The molecule has 1 saturated carbocycles. The Bertz CT molecular complexity index is 634. The Morgan fingerprint density at radius 1 is 1.37 bits per heavy atom. The van der Waals surface area contributed by atoms with E-state index in [9.17, 15) is 9.18 Å². The summed E-state index contributed by atoms with van der Waals surface area (Å²) in [5.74, 6) is -0.598. The first-order valence-electron chi connectivity index (χ1n) is 6.08. The molecule has 1 aliphatic rings. The van der Waals surface area contributed by atoms with Crippen molar-refractivity contribution in [2.24, 2.45) is 0 Å². The Morgan fingerprint density at radius 3 is 2.89 bits per heavy atom. The van der Waals surface area contributed by atoms with Gasteiger partial charge in [-0.15, -0.1) is 0 Å². The van der Waals surface area contributed by atoms with Crippen LogP contribution in [0.2, 0.25) is 0 Å². The van der Waals surface area contributed by atoms with Gasteiger partial charge in [-0.05, 0) is 59.1 Å².